The minimum absolute atomic E-state index is 0.183. The molecule has 1 aromatic heterocycles. The number of amides is 1. The third-order valence-corrected chi connectivity index (χ3v) is 5.32. The van der Waals surface area contributed by atoms with Crippen molar-refractivity contribution >= 4 is 17.5 Å². The van der Waals surface area contributed by atoms with Gasteiger partial charge in [0.2, 0.25) is 0 Å². The van der Waals surface area contributed by atoms with Crippen molar-refractivity contribution in [2.45, 2.75) is 25.9 Å². The molecular formula is C23H23ClN4O. The number of carbonyl (C=O) groups excluding carboxylic acids is 1. The molecular weight excluding hydrogens is 384 g/mol. The summed E-state index contributed by atoms with van der Waals surface area (Å²) in [5.41, 5.74) is 3.68. The summed E-state index contributed by atoms with van der Waals surface area (Å²) in [5.74, 6) is 0.380. The average Bonchev–Trinajstić information content (AvgIpc) is 3.26. The molecule has 0 atom stereocenters. The van der Waals surface area contributed by atoms with Crippen LogP contribution < -0.4 is 5.32 Å². The van der Waals surface area contributed by atoms with E-state index in [0.717, 1.165) is 17.7 Å². The van der Waals surface area contributed by atoms with E-state index >= 15 is 0 Å². The van der Waals surface area contributed by atoms with E-state index in [2.05, 4.69) is 38.4 Å². The van der Waals surface area contributed by atoms with E-state index in [9.17, 15) is 4.79 Å². The monoisotopic (exact) mass is 406 g/mol. The second-order valence-corrected chi connectivity index (χ2v) is 7.72. The fraction of sp³-hybridized carbons (Fsp3) is 0.261. The van der Waals surface area contributed by atoms with Crippen LogP contribution in [0.15, 0.2) is 60.9 Å². The molecule has 4 rings (SSSR count). The molecule has 1 N–H and O–H groups in total. The van der Waals surface area contributed by atoms with Gasteiger partial charge in [-0.3, -0.25) is 9.69 Å². The third kappa shape index (κ3) is 5.19. The predicted molar refractivity (Wildman–Crippen MR) is 115 cm³/mol. The average molecular weight is 407 g/mol. The minimum Gasteiger partial charge on any atom is -0.348 e. The van der Waals surface area contributed by atoms with Crippen molar-refractivity contribution < 1.29 is 4.79 Å². The van der Waals surface area contributed by atoms with Crippen LogP contribution in [0, 0.1) is 0 Å². The molecule has 2 heterocycles. The van der Waals surface area contributed by atoms with Gasteiger partial charge in [-0.25, -0.2) is 9.97 Å². The van der Waals surface area contributed by atoms with Crippen LogP contribution in [-0.2, 0) is 13.1 Å². The van der Waals surface area contributed by atoms with Gasteiger partial charge in [0, 0.05) is 36.1 Å². The third-order valence-electron chi connectivity index (χ3n) is 5.07. The Balaban J connectivity index is 1.35. The second kappa shape index (κ2) is 9.16. The van der Waals surface area contributed by atoms with E-state index in [0.29, 0.717) is 23.0 Å². The van der Waals surface area contributed by atoms with Gasteiger partial charge in [0.05, 0.1) is 5.56 Å². The highest BCUT2D eigenvalue weighted by molar-refractivity contribution is 6.30. The molecule has 0 spiro atoms. The van der Waals surface area contributed by atoms with Gasteiger partial charge in [-0.2, -0.15) is 0 Å². The molecule has 1 amide bonds. The minimum atomic E-state index is -0.183. The van der Waals surface area contributed by atoms with E-state index < -0.39 is 0 Å². The van der Waals surface area contributed by atoms with Crippen LogP contribution in [-0.4, -0.2) is 33.9 Å². The van der Waals surface area contributed by atoms with Crippen LogP contribution >= 0.6 is 11.6 Å². The number of hydrogen-bond donors (Lipinski definition) is 1. The quantitative estimate of drug-likeness (QED) is 0.662. The Kier molecular flexibility index (Phi) is 6.17. The highest BCUT2D eigenvalue weighted by Gasteiger charge is 2.12. The van der Waals surface area contributed by atoms with Gasteiger partial charge < -0.3 is 5.32 Å². The lowest BCUT2D eigenvalue weighted by molar-refractivity contribution is 0.0950. The Bertz CT molecular complexity index is 967. The molecule has 0 saturated carbocycles. The van der Waals surface area contributed by atoms with Gasteiger partial charge in [0.15, 0.2) is 5.82 Å². The fourth-order valence-electron chi connectivity index (χ4n) is 3.51. The molecule has 148 valence electrons. The molecule has 0 bridgehead atoms. The van der Waals surface area contributed by atoms with Crippen molar-refractivity contribution in [2.75, 3.05) is 13.1 Å². The van der Waals surface area contributed by atoms with E-state index in [-0.39, 0.29) is 5.91 Å². The van der Waals surface area contributed by atoms with E-state index in [1.807, 2.05) is 18.2 Å². The Labute approximate surface area is 175 Å². The van der Waals surface area contributed by atoms with Gasteiger partial charge >= 0.3 is 0 Å². The normalized spacial score (nSPS) is 14.1. The zero-order valence-electron chi connectivity index (χ0n) is 16.1. The summed E-state index contributed by atoms with van der Waals surface area (Å²) in [6.45, 7) is 3.80. The molecule has 0 unspecified atom stereocenters. The number of halogens is 1. The van der Waals surface area contributed by atoms with Crippen molar-refractivity contribution in [3.8, 4) is 11.4 Å². The van der Waals surface area contributed by atoms with Crippen LogP contribution in [0.1, 0.15) is 34.3 Å². The molecule has 1 fully saturated rings. The lowest BCUT2D eigenvalue weighted by Crippen LogP contribution is -2.23. The SMILES string of the molecule is O=C(NCc1cccc(CN2CCCC2)c1)c1cnc(-c2ccc(Cl)cc2)nc1. The zero-order chi connectivity index (χ0) is 20.1. The first-order valence-electron chi connectivity index (χ1n) is 9.84. The number of likely N-dealkylation sites (tertiary alicyclic amines) is 1. The number of nitrogens with one attached hydrogen (secondary N) is 1. The molecule has 29 heavy (non-hydrogen) atoms. The molecule has 0 aliphatic carbocycles. The van der Waals surface area contributed by atoms with E-state index in [1.165, 1.54) is 31.5 Å². The van der Waals surface area contributed by atoms with Gasteiger partial charge in [-0.1, -0.05) is 35.9 Å². The first-order chi connectivity index (χ1) is 14.2. The van der Waals surface area contributed by atoms with Crippen LogP contribution in [0.4, 0.5) is 0 Å². The summed E-state index contributed by atoms with van der Waals surface area (Å²) in [4.78, 5) is 23.5. The summed E-state index contributed by atoms with van der Waals surface area (Å²) < 4.78 is 0. The number of nitrogens with zero attached hydrogens (tertiary/aromatic N) is 3. The van der Waals surface area contributed by atoms with E-state index in [4.69, 9.17) is 11.6 Å². The highest BCUT2D eigenvalue weighted by atomic mass is 35.5. The Morgan fingerprint density at radius 1 is 1.00 bits per heavy atom. The molecule has 6 heteroatoms. The molecule has 5 nitrogen and oxygen atoms in total. The first kappa shape index (κ1) is 19.6. The van der Waals surface area contributed by atoms with Crippen molar-refractivity contribution in [2.24, 2.45) is 0 Å². The maximum absolute atomic E-state index is 12.5. The number of carbonyl (C=O) groups is 1. The first-order valence-corrected chi connectivity index (χ1v) is 10.2. The smallest absolute Gasteiger partial charge is 0.254 e. The highest BCUT2D eigenvalue weighted by Crippen LogP contribution is 2.18. The lowest BCUT2D eigenvalue weighted by Gasteiger charge is -2.15. The summed E-state index contributed by atoms with van der Waals surface area (Å²) in [6.07, 6.45) is 5.68. The van der Waals surface area contributed by atoms with Crippen LogP contribution in [0.3, 0.4) is 0 Å². The van der Waals surface area contributed by atoms with Crippen molar-refractivity contribution in [1.29, 1.82) is 0 Å². The summed E-state index contributed by atoms with van der Waals surface area (Å²) in [7, 11) is 0. The number of aromatic nitrogens is 2. The standard InChI is InChI=1S/C23H23ClN4O/c24-21-8-6-19(7-9-21)22-25-14-20(15-26-22)23(29)27-13-17-4-3-5-18(12-17)16-28-10-1-2-11-28/h3-9,12,14-15H,1-2,10-11,13,16H2,(H,27,29). The van der Waals surface area contributed by atoms with Crippen molar-refractivity contribution in [1.82, 2.24) is 20.2 Å². The maximum Gasteiger partial charge on any atom is 0.254 e. The maximum atomic E-state index is 12.5. The topological polar surface area (TPSA) is 58.1 Å². The number of hydrogen-bond acceptors (Lipinski definition) is 4. The van der Waals surface area contributed by atoms with Crippen molar-refractivity contribution in [3.05, 3.63) is 82.6 Å². The van der Waals surface area contributed by atoms with E-state index in [1.54, 1.807) is 24.5 Å². The Morgan fingerprint density at radius 3 is 2.41 bits per heavy atom. The number of benzene rings is 2. The Morgan fingerprint density at radius 2 is 1.69 bits per heavy atom. The van der Waals surface area contributed by atoms with Gasteiger partial charge in [0.25, 0.3) is 5.91 Å². The van der Waals surface area contributed by atoms with Crippen LogP contribution in [0.5, 0.6) is 0 Å². The predicted octanol–water partition coefficient (Wildman–Crippen LogP) is 4.32. The summed E-state index contributed by atoms with van der Waals surface area (Å²) in [6, 6.07) is 15.7. The van der Waals surface area contributed by atoms with Gasteiger partial charge in [-0.05, 0) is 61.3 Å². The molecule has 1 aliphatic heterocycles. The molecule has 2 aromatic carbocycles. The summed E-state index contributed by atoms with van der Waals surface area (Å²) >= 11 is 5.91. The van der Waals surface area contributed by atoms with Gasteiger partial charge in [-0.15, -0.1) is 0 Å². The molecule has 1 saturated heterocycles. The molecule has 0 radical (unpaired) electrons. The fourth-order valence-corrected chi connectivity index (χ4v) is 3.64. The summed E-state index contributed by atoms with van der Waals surface area (Å²) in [5, 5.41) is 3.61. The van der Waals surface area contributed by atoms with Crippen molar-refractivity contribution in [3.63, 3.8) is 0 Å². The Hall–Kier alpha value is -2.76. The largest absolute Gasteiger partial charge is 0.348 e. The van der Waals surface area contributed by atoms with Gasteiger partial charge in [0.1, 0.15) is 0 Å². The second-order valence-electron chi connectivity index (χ2n) is 7.29. The van der Waals surface area contributed by atoms with Crippen LogP contribution in [0.2, 0.25) is 5.02 Å². The zero-order valence-corrected chi connectivity index (χ0v) is 16.9. The molecule has 1 aliphatic rings. The lowest BCUT2D eigenvalue weighted by atomic mass is 10.1. The number of rotatable bonds is 6. The molecule has 3 aromatic rings. The van der Waals surface area contributed by atoms with Crippen LogP contribution in [0.25, 0.3) is 11.4 Å².